The number of amides is 2. The van der Waals surface area contributed by atoms with Crippen LogP contribution in [0.1, 0.15) is 36.5 Å². The highest BCUT2D eigenvalue weighted by molar-refractivity contribution is 6.09. The lowest BCUT2D eigenvalue weighted by Crippen LogP contribution is -2.39. The van der Waals surface area contributed by atoms with Crippen molar-refractivity contribution in [3.8, 4) is 0 Å². The van der Waals surface area contributed by atoms with Crippen LogP contribution in [0, 0.1) is 0 Å². The average molecular weight is 236 g/mol. The third-order valence-corrected chi connectivity index (χ3v) is 2.81. The summed E-state index contributed by atoms with van der Waals surface area (Å²) in [5.41, 5.74) is 1.75. The van der Waals surface area contributed by atoms with E-state index in [1.807, 2.05) is 6.92 Å². The summed E-state index contributed by atoms with van der Waals surface area (Å²) in [5, 5.41) is 9.68. The van der Waals surface area contributed by atoms with Crippen LogP contribution in [0.4, 0.5) is 5.69 Å². The Bertz CT molecular complexity index is 478. The van der Waals surface area contributed by atoms with Gasteiger partial charge in [-0.1, -0.05) is 13.3 Å². The van der Waals surface area contributed by atoms with E-state index in [1.54, 1.807) is 14.0 Å². The molecule has 0 aliphatic carbocycles. The fourth-order valence-electron chi connectivity index (χ4n) is 1.95. The van der Waals surface area contributed by atoms with Gasteiger partial charge >= 0.3 is 0 Å². The van der Waals surface area contributed by atoms with E-state index >= 15 is 0 Å². The number of hydrogen-bond donors (Lipinski definition) is 2. The Hall–Kier alpha value is -1.85. The van der Waals surface area contributed by atoms with E-state index in [2.05, 4.69) is 15.7 Å². The molecule has 0 saturated carbocycles. The second-order valence-corrected chi connectivity index (χ2v) is 4.23. The van der Waals surface area contributed by atoms with E-state index < -0.39 is 6.04 Å². The normalized spacial score (nSPS) is 19.4. The molecule has 6 heteroatoms. The maximum absolute atomic E-state index is 11.9. The molecule has 1 aliphatic heterocycles. The van der Waals surface area contributed by atoms with E-state index in [0.717, 1.165) is 18.5 Å². The number of rotatable bonds is 2. The number of anilines is 1. The molecule has 0 bridgehead atoms. The molecule has 2 N–H and O–H groups in total. The molecule has 0 fully saturated rings. The van der Waals surface area contributed by atoms with E-state index in [0.29, 0.717) is 11.4 Å². The van der Waals surface area contributed by atoms with Gasteiger partial charge in [-0.05, 0) is 13.3 Å². The standard InChI is InChI=1S/C11H16N4O2/c1-4-5-7-8-9(15(3)14-7)11(17)12-6(2)10(16)13-8/h6H,4-5H2,1-3H3,(H,12,17)(H,13,16). The Morgan fingerprint density at radius 3 is 2.76 bits per heavy atom. The molecule has 1 unspecified atom stereocenters. The first-order valence-corrected chi connectivity index (χ1v) is 5.72. The molecule has 1 aliphatic rings. The fraction of sp³-hybridized carbons (Fsp3) is 0.545. The minimum atomic E-state index is -0.524. The molecule has 2 heterocycles. The van der Waals surface area contributed by atoms with Gasteiger partial charge in [0.25, 0.3) is 5.91 Å². The Balaban J connectivity index is 2.51. The van der Waals surface area contributed by atoms with Crippen molar-refractivity contribution < 1.29 is 9.59 Å². The molecule has 0 radical (unpaired) electrons. The number of carbonyl (C=O) groups excluding carboxylic acids is 2. The van der Waals surface area contributed by atoms with Gasteiger partial charge in [0.05, 0.1) is 11.4 Å². The van der Waals surface area contributed by atoms with Gasteiger partial charge in [-0.2, -0.15) is 5.10 Å². The molecule has 1 aromatic heterocycles. The predicted octanol–water partition coefficient (Wildman–Crippen LogP) is 0.443. The second-order valence-electron chi connectivity index (χ2n) is 4.23. The van der Waals surface area contributed by atoms with Crippen molar-refractivity contribution in [3.05, 3.63) is 11.4 Å². The smallest absolute Gasteiger partial charge is 0.272 e. The van der Waals surface area contributed by atoms with Gasteiger partial charge in [0, 0.05) is 7.05 Å². The molecule has 2 amide bonds. The van der Waals surface area contributed by atoms with Gasteiger partial charge in [-0.25, -0.2) is 0 Å². The highest BCUT2D eigenvalue weighted by atomic mass is 16.2. The van der Waals surface area contributed by atoms with E-state index in [4.69, 9.17) is 0 Å². The van der Waals surface area contributed by atoms with Gasteiger partial charge < -0.3 is 10.6 Å². The third kappa shape index (κ3) is 1.90. The van der Waals surface area contributed by atoms with E-state index in [9.17, 15) is 9.59 Å². The number of nitrogens with one attached hydrogen (secondary N) is 2. The number of fused-ring (bicyclic) bond motifs is 1. The Morgan fingerprint density at radius 1 is 1.41 bits per heavy atom. The Morgan fingerprint density at radius 2 is 2.12 bits per heavy atom. The lowest BCUT2D eigenvalue weighted by atomic mass is 10.2. The first kappa shape index (κ1) is 11.6. The summed E-state index contributed by atoms with van der Waals surface area (Å²) in [5.74, 6) is -0.467. The molecular weight excluding hydrogens is 220 g/mol. The number of carbonyl (C=O) groups is 2. The summed E-state index contributed by atoms with van der Waals surface area (Å²) >= 11 is 0. The maximum atomic E-state index is 11.9. The van der Waals surface area contributed by atoms with E-state index in [1.165, 1.54) is 4.68 Å². The topological polar surface area (TPSA) is 76.0 Å². The molecular formula is C11H16N4O2. The molecule has 0 saturated heterocycles. The van der Waals surface area contributed by atoms with Crippen LogP contribution >= 0.6 is 0 Å². The molecule has 0 aromatic carbocycles. The largest absolute Gasteiger partial charge is 0.339 e. The van der Waals surface area contributed by atoms with Crippen molar-refractivity contribution >= 4 is 17.5 Å². The van der Waals surface area contributed by atoms with Gasteiger partial charge in [0.2, 0.25) is 5.91 Å². The highest BCUT2D eigenvalue weighted by Gasteiger charge is 2.30. The minimum Gasteiger partial charge on any atom is -0.339 e. The Labute approximate surface area is 99.4 Å². The number of aromatic nitrogens is 2. The van der Waals surface area contributed by atoms with Crippen molar-refractivity contribution in [2.75, 3.05) is 5.32 Å². The summed E-state index contributed by atoms with van der Waals surface area (Å²) in [6, 6.07) is -0.524. The third-order valence-electron chi connectivity index (χ3n) is 2.81. The Kier molecular flexibility index (Phi) is 2.87. The first-order valence-electron chi connectivity index (χ1n) is 5.72. The van der Waals surface area contributed by atoms with Crippen LogP contribution in [0.25, 0.3) is 0 Å². The van der Waals surface area contributed by atoms with Crippen LogP contribution < -0.4 is 10.6 Å². The lowest BCUT2D eigenvalue weighted by molar-refractivity contribution is -0.117. The SMILES string of the molecule is CCCc1nn(C)c2c1NC(=O)C(C)NC2=O. The zero-order valence-electron chi connectivity index (χ0n) is 10.2. The molecule has 1 atom stereocenters. The number of aryl methyl sites for hydroxylation is 2. The molecule has 92 valence electrons. The quantitative estimate of drug-likeness (QED) is 0.782. The summed E-state index contributed by atoms with van der Waals surface area (Å²) in [6.45, 7) is 3.69. The summed E-state index contributed by atoms with van der Waals surface area (Å²) in [4.78, 5) is 23.7. The van der Waals surface area contributed by atoms with Crippen LogP contribution in [0.2, 0.25) is 0 Å². The second kappa shape index (κ2) is 4.20. The van der Waals surface area contributed by atoms with Crippen LogP contribution in [-0.2, 0) is 18.3 Å². The molecule has 1 aromatic rings. The van der Waals surface area contributed by atoms with Crippen molar-refractivity contribution in [2.24, 2.45) is 7.05 Å². The predicted molar refractivity (Wildman–Crippen MR) is 62.8 cm³/mol. The average Bonchev–Trinajstić information content (AvgIpc) is 2.49. The van der Waals surface area contributed by atoms with Gasteiger partial charge in [-0.15, -0.1) is 0 Å². The molecule has 0 spiro atoms. The van der Waals surface area contributed by atoms with Crippen molar-refractivity contribution in [2.45, 2.75) is 32.7 Å². The van der Waals surface area contributed by atoms with Crippen molar-refractivity contribution in [3.63, 3.8) is 0 Å². The molecule has 6 nitrogen and oxygen atoms in total. The molecule has 2 rings (SSSR count). The van der Waals surface area contributed by atoms with Crippen LogP contribution in [-0.4, -0.2) is 27.6 Å². The fourth-order valence-corrected chi connectivity index (χ4v) is 1.95. The van der Waals surface area contributed by atoms with Crippen LogP contribution in [0.3, 0.4) is 0 Å². The number of hydrogen-bond acceptors (Lipinski definition) is 3. The van der Waals surface area contributed by atoms with Crippen LogP contribution in [0.15, 0.2) is 0 Å². The van der Waals surface area contributed by atoms with Crippen molar-refractivity contribution in [1.82, 2.24) is 15.1 Å². The highest BCUT2D eigenvalue weighted by Crippen LogP contribution is 2.23. The monoisotopic (exact) mass is 236 g/mol. The van der Waals surface area contributed by atoms with Crippen molar-refractivity contribution in [1.29, 1.82) is 0 Å². The summed E-state index contributed by atoms with van der Waals surface area (Å²) in [7, 11) is 1.71. The molecule has 17 heavy (non-hydrogen) atoms. The first-order chi connectivity index (χ1) is 8.04. The lowest BCUT2D eigenvalue weighted by Gasteiger charge is -2.08. The number of nitrogens with zero attached hydrogens (tertiary/aromatic N) is 2. The zero-order valence-corrected chi connectivity index (χ0v) is 10.2. The van der Waals surface area contributed by atoms with E-state index in [-0.39, 0.29) is 11.8 Å². The van der Waals surface area contributed by atoms with Gasteiger partial charge in [0.1, 0.15) is 11.7 Å². The zero-order chi connectivity index (χ0) is 12.6. The van der Waals surface area contributed by atoms with Gasteiger partial charge in [0.15, 0.2) is 0 Å². The maximum Gasteiger partial charge on any atom is 0.272 e. The summed E-state index contributed by atoms with van der Waals surface area (Å²) in [6.07, 6.45) is 1.65. The summed E-state index contributed by atoms with van der Waals surface area (Å²) < 4.78 is 1.52. The van der Waals surface area contributed by atoms with Gasteiger partial charge in [-0.3, -0.25) is 14.3 Å². The minimum absolute atomic E-state index is 0.206. The van der Waals surface area contributed by atoms with Crippen LogP contribution in [0.5, 0.6) is 0 Å².